The topological polar surface area (TPSA) is 45.5 Å². The molecule has 0 bridgehead atoms. The molecule has 0 spiro atoms. The van der Waals surface area contributed by atoms with E-state index in [9.17, 15) is 0 Å². The molecule has 1 N–H and O–H groups in total. The van der Waals surface area contributed by atoms with Crippen molar-refractivity contribution in [2.45, 2.75) is 26.2 Å². The van der Waals surface area contributed by atoms with Crippen LogP contribution in [0.4, 0.5) is 0 Å². The number of rotatable bonds is 4. The molecule has 1 aromatic carbocycles. The van der Waals surface area contributed by atoms with E-state index >= 15 is 0 Å². The smallest absolute Gasteiger partial charge is 0.138 e. The van der Waals surface area contributed by atoms with Crippen molar-refractivity contribution in [3.05, 3.63) is 64.4 Å². The van der Waals surface area contributed by atoms with Gasteiger partial charge in [-0.05, 0) is 23.1 Å². The number of benzene rings is 1. The van der Waals surface area contributed by atoms with Crippen LogP contribution in [0.3, 0.4) is 0 Å². The number of hydrogen-bond donors (Lipinski definition) is 1. The van der Waals surface area contributed by atoms with E-state index in [1.54, 1.807) is 6.20 Å². The minimum atomic E-state index is 0.00144. The van der Waals surface area contributed by atoms with Crippen molar-refractivity contribution >= 4 is 17.3 Å². The molecule has 3 nitrogen and oxygen atoms in total. The van der Waals surface area contributed by atoms with Crippen LogP contribution >= 0.6 is 11.6 Å². The Morgan fingerprint density at radius 1 is 1.18 bits per heavy atom. The van der Waals surface area contributed by atoms with Gasteiger partial charge in [0.05, 0.1) is 18.9 Å². The third-order valence-corrected chi connectivity index (χ3v) is 3.71. The third kappa shape index (κ3) is 3.93. The summed E-state index contributed by atoms with van der Waals surface area (Å²) in [4.78, 5) is 8.59. The van der Waals surface area contributed by atoms with Crippen LogP contribution < -0.4 is 0 Å². The number of aliphatic hydroxyl groups is 1. The Morgan fingerprint density at radius 3 is 2.41 bits per heavy atom. The number of pyridine rings is 1. The van der Waals surface area contributed by atoms with Crippen LogP contribution in [0, 0.1) is 0 Å². The summed E-state index contributed by atoms with van der Waals surface area (Å²) in [5.74, 6) is 0. The number of aliphatic hydroxyl groups excluding tert-OH is 1. The van der Waals surface area contributed by atoms with Crippen molar-refractivity contribution in [3.8, 4) is 0 Å². The summed E-state index contributed by atoms with van der Waals surface area (Å²) < 4.78 is 0. The fourth-order valence-electron chi connectivity index (χ4n) is 2.18. The molecular weight excluding hydrogens is 296 g/mol. The monoisotopic (exact) mass is 316 g/mol. The predicted molar refractivity (Wildman–Crippen MR) is 92.0 cm³/mol. The Labute approximate surface area is 136 Å². The molecule has 2 rings (SSSR count). The summed E-state index contributed by atoms with van der Waals surface area (Å²) in [6.45, 7) is 6.88. The van der Waals surface area contributed by atoms with Crippen LogP contribution in [-0.4, -0.2) is 29.0 Å². The van der Waals surface area contributed by atoms with Gasteiger partial charge in [0.1, 0.15) is 5.15 Å². The molecule has 0 unspecified atom stereocenters. The maximum Gasteiger partial charge on any atom is 0.138 e. The van der Waals surface area contributed by atoms with E-state index in [0.29, 0.717) is 11.7 Å². The highest BCUT2D eigenvalue weighted by Gasteiger charge is 2.15. The lowest BCUT2D eigenvalue weighted by Crippen LogP contribution is -2.12. The molecule has 0 fully saturated rings. The Balaban J connectivity index is 2.45. The van der Waals surface area contributed by atoms with Crippen molar-refractivity contribution in [2.75, 3.05) is 13.2 Å². The van der Waals surface area contributed by atoms with Gasteiger partial charge >= 0.3 is 0 Å². The van der Waals surface area contributed by atoms with Gasteiger partial charge in [-0.1, -0.05) is 56.6 Å². The Bertz CT molecular complexity index is 658. The van der Waals surface area contributed by atoms with Crippen LogP contribution in [-0.2, 0) is 5.41 Å². The molecule has 0 aliphatic carbocycles. The summed E-state index contributed by atoms with van der Waals surface area (Å²) >= 11 is 6.20. The van der Waals surface area contributed by atoms with E-state index in [4.69, 9.17) is 16.7 Å². The molecule has 0 radical (unpaired) electrons. The SMILES string of the molecule is CC(C)(C)c1ccc(C(=NCCO)c2cccnc2Cl)cc1. The number of halogens is 1. The van der Waals surface area contributed by atoms with Crippen molar-refractivity contribution < 1.29 is 5.11 Å². The summed E-state index contributed by atoms with van der Waals surface area (Å²) in [6, 6.07) is 12.0. The first-order valence-corrected chi connectivity index (χ1v) is 7.68. The maximum atomic E-state index is 9.07. The Hall–Kier alpha value is -1.71. The van der Waals surface area contributed by atoms with Crippen molar-refractivity contribution in [3.63, 3.8) is 0 Å². The minimum absolute atomic E-state index is 0.00144. The highest BCUT2D eigenvalue weighted by molar-refractivity contribution is 6.34. The molecule has 0 saturated heterocycles. The van der Waals surface area contributed by atoms with Crippen LogP contribution in [0.15, 0.2) is 47.6 Å². The third-order valence-electron chi connectivity index (χ3n) is 3.41. The molecule has 0 saturated carbocycles. The van der Waals surface area contributed by atoms with E-state index in [-0.39, 0.29) is 12.0 Å². The first kappa shape index (κ1) is 16.7. The summed E-state index contributed by atoms with van der Waals surface area (Å²) in [5, 5.41) is 9.49. The average molecular weight is 317 g/mol. The number of aromatic nitrogens is 1. The molecular formula is C18H21ClN2O. The Morgan fingerprint density at radius 2 is 1.86 bits per heavy atom. The molecule has 2 aromatic rings. The second-order valence-electron chi connectivity index (χ2n) is 6.12. The summed E-state index contributed by atoms with van der Waals surface area (Å²) in [6.07, 6.45) is 1.65. The van der Waals surface area contributed by atoms with E-state index in [1.165, 1.54) is 5.56 Å². The quantitative estimate of drug-likeness (QED) is 0.687. The van der Waals surface area contributed by atoms with Gasteiger partial charge in [0.2, 0.25) is 0 Å². The van der Waals surface area contributed by atoms with Crippen molar-refractivity contribution in [2.24, 2.45) is 4.99 Å². The fraction of sp³-hybridized carbons (Fsp3) is 0.333. The van der Waals surface area contributed by atoms with E-state index in [0.717, 1.165) is 16.8 Å². The molecule has 116 valence electrons. The largest absolute Gasteiger partial charge is 0.394 e. The van der Waals surface area contributed by atoms with Gasteiger partial charge in [0, 0.05) is 17.3 Å². The maximum absolute atomic E-state index is 9.07. The van der Waals surface area contributed by atoms with Crippen LogP contribution in [0.2, 0.25) is 5.15 Å². The normalized spacial score (nSPS) is 12.5. The Kier molecular flexibility index (Phi) is 5.33. The second kappa shape index (κ2) is 7.03. The number of nitrogens with zero attached hydrogens (tertiary/aromatic N) is 2. The lowest BCUT2D eigenvalue weighted by Gasteiger charge is -2.19. The fourth-order valence-corrected chi connectivity index (χ4v) is 2.39. The van der Waals surface area contributed by atoms with E-state index in [2.05, 4.69) is 42.9 Å². The predicted octanol–water partition coefficient (Wildman–Crippen LogP) is 3.86. The van der Waals surface area contributed by atoms with Gasteiger partial charge in [0.25, 0.3) is 0 Å². The van der Waals surface area contributed by atoms with Crippen molar-refractivity contribution in [1.82, 2.24) is 4.98 Å². The number of aliphatic imine (C=N–C) groups is 1. The molecule has 0 atom stereocenters. The van der Waals surface area contributed by atoms with Crippen LogP contribution in [0.5, 0.6) is 0 Å². The molecule has 4 heteroatoms. The second-order valence-corrected chi connectivity index (χ2v) is 6.48. The van der Waals surface area contributed by atoms with Crippen LogP contribution in [0.25, 0.3) is 0 Å². The first-order chi connectivity index (χ1) is 10.4. The van der Waals surface area contributed by atoms with Crippen LogP contribution in [0.1, 0.15) is 37.5 Å². The van der Waals surface area contributed by atoms with Gasteiger partial charge < -0.3 is 5.11 Å². The zero-order valence-electron chi connectivity index (χ0n) is 13.2. The van der Waals surface area contributed by atoms with Gasteiger partial charge in [-0.2, -0.15) is 0 Å². The zero-order valence-corrected chi connectivity index (χ0v) is 13.9. The molecule has 0 aliphatic heterocycles. The van der Waals surface area contributed by atoms with E-state index < -0.39 is 0 Å². The zero-order chi connectivity index (χ0) is 16.2. The highest BCUT2D eigenvalue weighted by atomic mass is 35.5. The number of hydrogen-bond acceptors (Lipinski definition) is 3. The average Bonchev–Trinajstić information content (AvgIpc) is 2.49. The van der Waals surface area contributed by atoms with Crippen molar-refractivity contribution in [1.29, 1.82) is 0 Å². The molecule has 1 aromatic heterocycles. The van der Waals surface area contributed by atoms with Gasteiger partial charge in [-0.15, -0.1) is 0 Å². The van der Waals surface area contributed by atoms with Gasteiger partial charge in [-0.3, -0.25) is 4.99 Å². The lowest BCUT2D eigenvalue weighted by molar-refractivity contribution is 0.307. The molecule has 1 heterocycles. The summed E-state index contributed by atoms with van der Waals surface area (Å²) in [5.41, 5.74) is 3.87. The molecule has 0 aliphatic rings. The summed E-state index contributed by atoms with van der Waals surface area (Å²) in [7, 11) is 0. The first-order valence-electron chi connectivity index (χ1n) is 7.30. The van der Waals surface area contributed by atoms with Gasteiger partial charge in [-0.25, -0.2) is 4.98 Å². The standard InChI is InChI=1S/C18H21ClN2O/c1-18(2,3)14-8-6-13(7-9-14)16(20-11-12-22)15-5-4-10-21-17(15)19/h4-10,22H,11-12H2,1-3H3. The molecule has 0 amide bonds. The highest BCUT2D eigenvalue weighted by Crippen LogP contribution is 2.24. The minimum Gasteiger partial charge on any atom is -0.394 e. The lowest BCUT2D eigenvalue weighted by atomic mass is 9.86. The molecule has 22 heavy (non-hydrogen) atoms. The van der Waals surface area contributed by atoms with Gasteiger partial charge in [0.15, 0.2) is 0 Å². The van der Waals surface area contributed by atoms with E-state index in [1.807, 2.05) is 24.3 Å².